The van der Waals surface area contributed by atoms with Gasteiger partial charge in [-0.3, -0.25) is 9.78 Å². The Morgan fingerprint density at radius 2 is 1.66 bits per heavy atom. The molecular formula is C27H28F3NO4. The molecule has 0 saturated heterocycles. The van der Waals surface area contributed by atoms with Crippen LogP contribution in [0.15, 0.2) is 54.6 Å². The van der Waals surface area contributed by atoms with Gasteiger partial charge >= 0.3 is 12.1 Å². The molecule has 0 saturated carbocycles. The Morgan fingerprint density at radius 3 is 2.29 bits per heavy atom. The van der Waals surface area contributed by atoms with E-state index in [-0.39, 0.29) is 19.0 Å². The van der Waals surface area contributed by atoms with E-state index in [1.165, 1.54) is 12.1 Å². The number of carbonyl (C=O) groups is 1. The first-order valence-corrected chi connectivity index (χ1v) is 11.4. The van der Waals surface area contributed by atoms with E-state index in [0.29, 0.717) is 48.1 Å². The van der Waals surface area contributed by atoms with Crippen molar-refractivity contribution in [3.05, 3.63) is 77.0 Å². The number of carbonyl (C=O) groups excluding carboxylic acids is 1. The fourth-order valence-corrected chi connectivity index (χ4v) is 3.46. The van der Waals surface area contributed by atoms with Gasteiger partial charge in [0.1, 0.15) is 6.61 Å². The summed E-state index contributed by atoms with van der Waals surface area (Å²) in [5.41, 5.74) is 2.99. The van der Waals surface area contributed by atoms with Crippen molar-refractivity contribution in [1.82, 2.24) is 4.98 Å². The molecule has 0 amide bonds. The zero-order valence-electron chi connectivity index (χ0n) is 19.9. The quantitative estimate of drug-likeness (QED) is 0.304. The third-order valence-electron chi connectivity index (χ3n) is 5.32. The van der Waals surface area contributed by atoms with Crippen molar-refractivity contribution in [2.24, 2.45) is 0 Å². The zero-order chi connectivity index (χ0) is 25.4. The fraction of sp³-hybridized carbons (Fsp3) is 0.333. The lowest BCUT2D eigenvalue weighted by molar-refractivity contribution is -0.143. The average Bonchev–Trinajstić information content (AvgIpc) is 2.83. The SMILES string of the molecule is CCOC(=O)CCc1ccc(OCc2ccc(-c3ccc(C(F)(F)F)cc3)nc2C)c(OCC)c1. The second kappa shape index (κ2) is 11.7. The van der Waals surface area contributed by atoms with Crippen LogP contribution in [-0.4, -0.2) is 24.2 Å². The van der Waals surface area contributed by atoms with E-state index in [1.807, 2.05) is 38.1 Å². The maximum absolute atomic E-state index is 12.8. The van der Waals surface area contributed by atoms with Crippen LogP contribution in [0.3, 0.4) is 0 Å². The van der Waals surface area contributed by atoms with Crippen LogP contribution >= 0.6 is 0 Å². The smallest absolute Gasteiger partial charge is 0.416 e. The number of ether oxygens (including phenoxy) is 3. The van der Waals surface area contributed by atoms with Crippen molar-refractivity contribution < 1.29 is 32.2 Å². The summed E-state index contributed by atoms with van der Waals surface area (Å²) in [5.74, 6) is 0.910. The lowest BCUT2D eigenvalue weighted by Crippen LogP contribution is -2.06. The fourth-order valence-electron chi connectivity index (χ4n) is 3.46. The van der Waals surface area contributed by atoms with Crippen LogP contribution in [-0.2, 0) is 28.7 Å². The molecular weight excluding hydrogens is 459 g/mol. The van der Waals surface area contributed by atoms with Gasteiger partial charge in [0.15, 0.2) is 11.5 Å². The van der Waals surface area contributed by atoms with Crippen molar-refractivity contribution in [1.29, 1.82) is 0 Å². The molecule has 1 aromatic heterocycles. The Kier molecular flexibility index (Phi) is 8.73. The molecule has 0 spiro atoms. The first kappa shape index (κ1) is 26.1. The van der Waals surface area contributed by atoms with Gasteiger partial charge in [-0.25, -0.2) is 0 Å². The first-order chi connectivity index (χ1) is 16.7. The number of alkyl halides is 3. The Labute approximate surface area is 202 Å². The Hall–Kier alpha value is -3.55. The van der Waals surface area contributed by atoms with Crippen LogP contribution in [0.5, 0.6) is 11.5 Å². The molecule has 0 bridgehead atoms. The topological polar surface area (TPSA) is 57.7 Å². The maximum Gasteiger partial charge on any atom is 0.416 e. The van der Waals surface area contributed by atoms with E-state index in [1.54, 1.807) is 13.0 Å². The van der Waals surface area contributed by atoms with Crippen molar-refractivity contribution >= 4 is 5.97 Å². The largest absolute Gasteiger partial charge is 0.490 e. The number of aromatic nitrogens is 1. The van der Waals surface area contributed by atoms with E-state index in [9.17, 15) is 18.0 Å². The summed E-state index contributed by atoms with van der Waals surface area (Å²) in [6.07, 6.45) is -3.55. The molecule has 0 unspecified atom stereocenters. The summed E-state index contributed by atoms with van der Waals surface area (Å²) in [5, 5.41) is 0. The van der Waals surface area contributed by atoms with Gasteiger partial charge in [0.2, 0.25) is 0 Å². The second-order valence-electron chi connectivity index (χ2n) is 7.82. The number of aryl methyl sites for hydroxylation is 2. The summed E-state index contributed by atoms with van der Waals surface area (Å²) >= 11 is 0. The summed E-state index contributed by atoms with van der Waals surface area (Å²) in [7, 11) is 0. The predicted molar refractivity (Wildman–Crippen MR) is 126 cm³/mol. The Balaban J connectivity index is 1.69. The van der Waals surface area contributed by atoms with Crippen LogP contribution in [0.1, 0.15) is 42.7 Å². The number of nitrogens with zero attached hydrogens (tertiary/aromatic N) is 1. The molecule has 0 aliphatic carbocycles. The van der Waals surface area contributed by atoms with Crippen molar-refractivity contribution in [2.75, 3.05) is 13.2 Å². The van der Waals surface area contributed by atoms with Gasteiger partial charge in [0.25, 0.3) is 0 Å². The van der Waals surface area contributed by atoms with Crippen LogP contribution in [0, 0.1) is 6.92 Å². The van der Waals surface area contributed by atoms with Crippen molar-refractivity contribution in [3.8, 4) is 22.8 Å². The molecule has 5 nitrogen and oxygen atoms in total. The van der Waals surface area contributed by atoms with Crippen LogP contribution < -0.4 is 9.47 Å². The van der Waals surface area contributed by atoms with Gasteiger partial charge in [-0.15, -0.1) is 0 Å². The van der Waals surface area contributed by atoms with E-state index >= 15 is 0 Å². The summed E-state index contributed by atoms with van der Waals surface area (Å²) in [6, 6.07) is 14.1. The molecule has 0 fully saturated rings. The Bertz CT molecular complexity index is 1140. The van der Waals surface area contributed by atoms with Crippen LogP contribution in [0.4, 0.5) is 13.2 Å². The van der Waals surface area contributed by atoms with Crippen molar-refractivity contribution in [2.45, 2.75) is 46.4 Å². The monoisotopic (exact) mass is 487 g/mol. The molecule has 0 radical (unpaired) electrons. The normalized spacial score (nSPS) is 11.3. The number of halogens is 3. The lowest BCUT2D eigenvalue weighted by Gasteiger charge is -2.15. The molecule has 1 heterocycles. The van der Waals surface area contributed by atoms with E-state index in [0.717, 1.165) is 23.3 Å². The van der Waals surface area contributed by atoms with Gasteiger partial charge < -0.3 is 14.2 Å². The molecule has 35 heavy (non-hydrogen) atoms. The third kappa shape index (κ3) is 7.21. The number of hydrogen-bond acceptors (Lipinski definition) is 5. The van der Waals surface area contributed by atoms with Crippen LogP contribution in [0.2, 0.25) is 0 Å². The zero-order valence-corrected chi connectivity index (χ0v) is 19.9. The second-order valence-corrected chi connectivity index (χ2v) is 7.82. The number of esters is 1. The predicted octanol–water partition coefficient (Wildman–Crippen LogP) is 6.55. The standard InChI is InChI=1S/C27H28F3NO4/c1-4-33-25-16-19(7-15-26(32)34-5-2)6-14-24(25)35-17-21-10-13-23(31-18(21)3)20-8-11-22(12-9-20)27(28,29)30/h6,8-14,16H,4-5,7,15,17H2,1-3H3. The minimum Gasteiger partial charge on any atom is -0.490 e. The van der Waals surface area contributed by atoms with Gasteiger partial charge in [0, 0.05) is 23.2 Å². The van der Waals surface area contributed by atoms with Gasteiger partial charge in [-0.05, 0) is 63.1 Å². The molecule has 8 heteroatoms. The molecule has 0 atom stereocenters. The van der Waals surface area contributed by atoms with E-state index < -0.39 is 11.7 Å². The molecule has 3 rings (SSSR count). The van der Waals surface area contributed by atoms with E-state index in [4.69, 9.17) is 14.2 Å². The first-order valence-electron chi connectivity index (χ1n) is 11.4. The molecule has 3 aromatic rings. The average molecular weight is 488 g/mol. The van der Waals surface area contributed by atoms with Gasteiger partial charge in [-0.2, -0.15) is 13.2 Å². The highest BCUT2D eigenvalue weighted by Crippen LogP contribution is 2.32. The number of pyridine rings is 1. The highest BCUT2D eigenvalue weighted by Gasteiger charge is 2.30. The molecule has 186 valence electrons. The number of benzene rings is 2. The summed E-state index contributed by atoms with van der Waals surface area (Å²) < 4.78 is 55.1. The van der Waals surface area contributed by atoms with E-state index in [2.05, 4.69) is 4.98 Å². The third-order valence-corrected chi connectivity index (χ3v) is 5.32. The number of hydrogen-bond donors (Lipinski definition) is 0. The van der Waals surface area contributed by atoms with Gasteiger partial charge in [-0.1, -0.05) is 24.3 Å². The minimum atomic E-state index is -4.37. The molecule has 0 aliphatic heterocycles. The highest BCUT2D eigenvalue weighted by molar-refractivity contribution is 5.69. The lowest BCUT2D eigenvalue weighted by atomic mass is 10.1. The highest BCUT2D eigenvalue weighted by atomic mass is 19.4. The molecule has 0 N–H and O–H groups in total. The minimum absolute atomic E-state index is 0.242. The molecule has 2 aromatic carbocycles. The maximum atomic E-state index is 12.8. The van der Waals surface area contributed by atoms with Gasteiger partial charge in [0.05, 0.1) is 24.5 Å². The summed E-state index contributed by atoms with van der Waals surface area (Å²) in [4.78, 5) is 16.2. The summed E-state index contributed by atoms with van der Waals surface area (Å²) in [6.45, 7) is 6.54. The van der Waals surface area contributed by atoms with Crippen molar-refractivity contribution in [3.63, 3.8) is 0 Å². The Morgan fingerprint density at radius 1 is 0.914 bits per heavy atom. The number of rotatable bonds is 10. The van der Waals surface area contributed by atoms with Crippen LogP contribution in [0.25, 0.3) is 11.3 Å². The molecule has 0 aliphatic rings.